The topological polar surface area (TPSA) is 71.8 Å². The summed E-state index contributed by atoms with van der Waals surface area (Å²) in [5, 5.41) is 14.4. The first-order chi connectivity index (χ1) is 11.2. The molecule has 130 valence electrons. The molecule has 8 heteroatoms. The van der Waals surface area contributed by atoms with Crippen LogP contribution < -0.4 is 10.6 Å². The second-order valence-corrected chi connectivity index (χ2v) is 5.75. The summed E-state index contributed by atoms with van der Waals surface area (Å²) in [5.74, 6) is 0.0668. The van der Waals surface area contributed by atoms with E-state index in [1.54, 1.807) is 12.1 Å². The van der Waals surface area contributed by atoms with Crippen LogP contribution in [0.3, 0.4) is 0 Å². The first kappa shape index (κ1) is 18.4. The first-order valence-corrected chi connectivity index (χ1v) is 7.89. The zero-order chi connectivity index (χ0) is 16.1. The Kier molecular flexibility index (Phi) is 6.69. The molecular weight excluding hydrogens is 333 g/mol. The smallest absolute Gasteiger partial charge is 0.273 e. The number of aromatic nitrogens is 3. The van der Waals surface area contributed by atoms with E-state index in [1.165, 1.54) is 36.0 Å². The Labute approximate surface area is 146 Å². The van der Waals surface area contributed by atoms with Gasteiger partial charge in [0.25, 0.3) is 5.91 Å². The summed E-state index contributed by atoms with van der Waals surface area (Å²) < 4.78 is 12.9. The molecule has 0 saturated carbocycles. The third-order valence-corrected chi connectivity index (χ3v) is 4.02. The molecule has 1 aromatic carbocycles. The molecule has 3 rings (SSSR count). The van der Waals surface area contributed by atoms with E-state index in [4.69, 9.17) is 0 Å². The molecule has 0 aliphatic carbocycles. The lowest BCUT2D eigenvalue weighted by atomic mass is 9.96. The fourth-order valence-corrected chi connectivity index (χ4v) is 2.72. The highest BCUT2D eigenvalue weighted by atomic mass is 35.5. The highest BCUT2D eigenvalue weighted by Gasteiger charge is 2.15. The van der Waals surface area contributed by atoms with Gasteiger partial charge >= 0.3 is 0 Å². The van der Waals surface area contributed by atoms with Gasteiger partial charge in [0, 0.05) is 6.54 Å². The van der Waals surface area contributed by atoms with Gasteiger partial charge in [-0.2, -0.15) is 9.90 Å². The molecular formula is C16H21ClFN5O. The Morgan fingerprint density at radius 1 is 1.38 bits per heavy atom. The van der Waals surface area contributed by atoms with Crippen molar-refractivity contribution in [1.82, 2.24) is 25.6 Å². The summed E-state index contributed by atoms with van der Waals surface area (Å²) >= 11 is 0. The number of rotatable bonds is 5. The minimum absolute atomic E-state index is 0. The van der Waals surface area contributed by atoms with Crippen LogP contribution in [-0.4, -0.2) is 40.5 Å². The third-order valence-electron chi connectivity index (χ3n) is 4.02. The highest BCUT2D eigenvalue weighted by molar-refractivity contribution is 5.91. The van der Waals surface area contributed by atoms with Crippen molar-refractivity contribution in [2.24, 2.45) is 5.92 Å². The van der Waals surface area contributed by atoms with Crippen LogP contribution >= 0.6 is 12.4 Å². The van der Waals surface area contributed by atoms with Crippen molar-refractivity contribution in [3.05, 3.63) is 42.0 Å². The van der Waals surface area contributed by atoms with Crippen LogP contribution in [0.15, 0.2) is 30.5 Å². The minimum atomic E-state index is -0.323. The third kappa shape index (κ3) is 4.75. The molecule has 1 amide bonds. The number of benzene rings is 1. The summed E-state index contributed by atoms with van der Waals surface area (Å²) in [5.41, 5.74) is 0.870. The standard InChI is InChI=1S/C16H20FN5O.ClH/c17-13-3-5-14(6-4-13)22-20-11-15(21-22)16(23)19-9-7-12-2-1-8-18-10-12;/h3-6,11-12,18H,1-2,7-10H2,(H,19,23);1H. The largest absolute Gasteiger partial charge is 0.351 e. The molecule has 24 heavy (non-hydrogen) atoms. The van der Waals surface area contributed by atoms with E-state index < -0.39 is 0 Å². The summed E-state index contributed by atoms with van der Waals surface area (Å²) in [7, 11) is 0. The molecule has 1 aromatic heterocycles. The van der Waals surface area contributed by atoms with Crippen LogP contribution in [0.5, 0.6) is 0 Å². The van der Waals surface area contributed by atoms with Crippen molar-refractivity contribution in [2.45, 2.75) is 19.3 Å². The fraction of sp³-hybridized carbons (Fsp3) is 0.438. The van der Waals surface area contributed by atoms with Gasteiger partial charge in [0.1, 0.15) is 5.82 Å². The van der Waals surface area contributed by atoms with Crippen molar-refractivity contribution in [2.75, 3.05) is 19.6 Å². The molecule has 1 aliphatic heterocycles. The Bertz CT molecular complexity index is 655. The van der Waals surface area contributed by atoms with Crippen LogP contribution in [0.25, 0.3) is 5.69 Å². The molecule has 0 spiro atoms. The van der Waals surface area contributed by atoms with E-state index in [9.17, 15) is 9.18 Å². The Morgan fingerprint density at radius 3 is 2.88 bits per heavy atom. The average molecular weight is 354 g/mol. The highest BCUT2D eigenvalue weighted by Crippen LogP contribution is 2.13. The minimum Gasteiger partial charge on any atom is -0.351 e. The van der Waals surface area contributed by atoms with E-state index in [0.29, 0.717) is 18.2 Å². The van der Waals surface area contributed by atoms with Gasteiger partial charge in [-0.3, -0.25) is 4.79 Å². The van der Waals surface area contributed by atoms with Gasteiger partial charge in [0.15, 0.2) is 5.69 Å². The maximum Gasteiger partial charge on any atom is 0.273 e. The van der Waals surface area contributed by atoms with Gasteiger partial charge < -0.3 is 10.6 Å². The number of piperidine rings is 1. The first-order valence-electron chi connectivity index (χ1n) is 7.89. The predicted octanol–water partition coefficient (Wildman–Crippen LogP) is 1.95. The monoisotopic (exact) mass is 353 g/mol. The van der Waals surface area contributed by atoms with Crippen molar-refractivity contribution in [3.8, 4) is 5.69 Å². The summed E-state index contributed by atoms with van der Waals surface area (Å²) in [4.78, 5) is 13.4. The second kappa shape index (κ2) is 8.75. The van der Waals surface area contributed by atoms with Gasteiger partial charge in [-0.05, 0) is 62.5 Å². The number of nitrogens with one attached hydrogen (secondary N) is 2. The summed E-state index contributed by atoms with van der Waals surface area (Å²) in [6.07, 6.45) is 4.79. The normalized spacial score (nSPS) is 17.1. The summed E-state index contributed by atoms with van der Waals surface area (Å²) in [6.45, 7) is 2.75. The maximum absolute atomic E-state index is 12.9. The number of hydrogen-bond acceptors (Lipinski definition) is 4. The van der Waals surface area contributed by atoms with E-state index in [2.05, 4.69) is 20.8 Å². The van der Waals surface area contributed by atoms with Gasteiger partial charge in [0.05, 0.1) is 11.9 Å². The number of nitrogens with zero attached hydrogens (tertiary/aromatic N) is 3. The van der Waals surface area contributed by atoms with Crippen LogP contribution in [-0.2, 0) is 0 Å². The van der Waals surface area contributed by atoms with E-state index in [-0.39, 0.29) is 29.8 Å². The van der Waals surface area contributed by atoms with Crippen molar-refractivity contribution in [3.63, 3.8) is 0 Å². The zero-order valence-corrected chi connectivity index (χ0v) is 14.1. The van der Waals surface area contributed by atoms with Gasteiger partial charge in [0.2, 0.25) is 0 Å². The molecule has 1 fully saturated rings. The maximum atomic E-state index is 12.9. The molecule has 1 unspecified atom stereocenters. The molecule has 1 aliphatic rings. The number of carbonyl (C=O) groups is 1. The molecule has 0 bridgehead atoms. The fourth-order valence-electron chi connectivity index (χ4n) is 2.72. The SMILES string of the molecule is Cl.O=C(NCCC1CCCNC1)c1cnn(-c2ccc(F)cc2)n1. The lowest BCUT2D eigenvalue weighted by Crippen LogP contribution is -2.33. The second-order valence-electron chi connectivity index (χ2n) is 5.75. The molecule has 2 aromatic rings. The molecule has 2 heterocycles. The quantitative estimate of drug-likeness (QED) is 0.861. The molecule has 2 N–H and O–H groups in total. The molecule has 0 radical (unpaired) electrons. The molecule has 1 atom stereocenters. The number of hydrogen-bond donors (Lipinski definition) is 2. The van der Waals surface area contributed by atoms with E-state index in [1.807, 2.05) is 0 Å². The van der Waals surface area contributed by atoms with E-state index in [0.717, 1.165) is 19.5 Å². The van der Waals surface area contributed by atoms with Gasteiger partial charge in [-0.15, -0.1) is 17.5 Å². The lowest BCUT2D eigenvalue weighted by molar-refractivity contribution is 0.0945. The Hall–Kier alpha value is -1.99. The number of amides is 1. The summed E-state index contributed by atoms with van der Waals surface area (Å²) in [6, 6.07) is 5.79. The predicted molar refractivity (Wildman–Crippen MR) is 91.1 cm³/mol. The van der Waals surface area contributed by atoms with Crippen LogP contribution in [0.2, 0.25) is 0 Å². The van der Waals surface area contributed by atoms with Crippen molar-refractivity contribution < 1.29 is 9.18 Å². The van der Waals surface area contributed by atoms with Crippen molar-refractivity contribution in [1.29, 1.82) is 0 Å². The van der Waals surface area contributed by atoms with Gasteiger partial charge in [-0.25, -0.2) is 4.39 Å². The zero-order valence-electron chi connectivity index (χ0n) is 13.2. The van der Waals surface area contributed by atoms with Crippen LogP contribution in [0.4, 0.5) is 4.39 Å². The van der Waals surface area contributed by atoms with Crippen LogP contribution in [0, 0.1) is 11.7 Å². The van der Waals surface area contributed by atoms with E-state index >= 15 is 0 Å². The average Bonchev–Trinajstić information content (AvgIpc) is 3.06. The number of carbonyl (C=O) groups excluding carboxylic acids is 1. The van der Waals surface area contributed by atoms with Gasteiger partial charge in [-0.1, -0.05) is 0 Å². The van der Waals surface area contributed by atoms with Crippen LogP contribution in [0.1, 0.15) is 29.8 Å². The Balaban J connectivity index is 0.00000208. The lowest BCUT2D eigenvalue weighted by Gasteiger charge is -2.22. The molecule has 1 saturated heterocycles. The number of halogens is 2. The van der Waals surface area contributed by atoms with Crippen molar-refractivity contribution >= 4 is 18.3 Å². The molecule has 6 nitrogen and oxygen atoms in total. The Morgan fingerprint density at radius 2 is 2.17 bits per heavy atom.